The molecular formula is C28H31Cl2N3O4S. The Balaban J connectivity index is 2.02. The number of nitrogens with zero attached hydrogens (tertiary/aromatic N) is 2. The Hall–Kier alpha value is -3.07. The van der Waals surface area contributed by atoms with Crippen LogP contribution in [0.5, 0.6) is 0 Å². The highest BCUT2D eigenvalue weighted by Crippen LogP contribution is 2.30. The first-order valence-electron chi connectivity index (χ1n) is 12.2. The summed E-state index contributed by atoms with van der Waals surface area (Å²) < 4.78 is 28.5. The summed E-state index contributed by atoms with van der Waals surface area (Å²) in [7, 11) is -4.17. The Morgan fingerprint density at radius 3 is 2.08 bits per heavy atom. The van der Waals surface area contributed by atoms with E-state index in [4.69, 9.17) is 23.2 Å². The summed E-state index contributed by atoms with van der Waals surface area (Å²) in [4.78, 5) is 28.3. The topological polar surface area (TPSA) is 86.8 Å². The van der Waals surface area contributed by atoms with E-state index < -0.39 is 28.5 Å². The van der Waals surface area contributed by atoms with Crippen molar-refractivity contribution in [1.29, 1.82) is 0 Å². The SMILES string of the molecule is CC[C@H](C)NC(=O)[C@@H](C)N(Cc1ccccc1)C(=O)CN(c1ccc(Cl)c(Cl)c1)S(=O)(=O)c1ccccc1. The van der Waals surface area contributed by atoms with E-state index in [2.05, 4.69) is 5.32 Å². The minimum absolute atomic E-state index is 0.0102. The number of carbonyl (C=O) groups excluding carboxylic acids is 2. The van der Waals surface area contributed by atoms with E-state index in [1.807, 2.05) is 44.2 Å². The molecule has 0 aliphatic heterocycles. The van der Waals surface area contributed by atoms with Crippen molar-refractivity contribution in [3.05, 3.63) is 94.5 Å². The molecular weight excluding hydrogens is 545 g/mol. The van der Waals surface area contributed by atoms with Crippen LogP contribution in [-0.4, -0.2) is 43.8 Å². The summed E-state index contributed by atoms with van der Waals surface area (Å²) >= 11 is 12.3. The van der Waals surface area contributed by atoms with E-state index in [9.17, 15) is 18.0 Å². The minimum Gasteiger partial charge on any atom is -0.352 e. The highest BCUT2D eigenvalue weighted by molar-refractivity contribution is 7.92. The number of hydrogen-bond donors (Lipinski definition) is 1. The maximum absolute atomic E-state index is 13.8. The highest BCUT2D eigenvalue weighted by atomic mass is 35.5. The summed E-state index contributed by atoms with van der Waals surface area (Å²) in [5.74, 6) is -0.873. The van der Waals surface area contributed by atoms with Crippen LogP contribution in [0.4, 0.5) is 5.69 Å². The number of carbonyl (C=O) groups is 2. The maximum atomic E-state index is 13.8. The molecule has 3 aromatic rings. The summed E-state index contributed by atoms with van der Waals surface area (Å²) in [5.41, 5.74) is 0.976. The molecule has 0 fully saturated rings. The first-order valence-corrected chi connectivity index (χ1v) is 14.4. The molecule has 2 amide bonds. The van der Waals surface area contributed by atoms with Gasteiger partial charge in [0.15, 0.2) is 0 Å². The number of nitrogens with one attached hydrogen (secondary N) is 1. The smallest absolute Gasteiger partial charge is 0.264 e. The zero-order valence-electron chi connectivity index (χ0n) is 21.5. The van der Waals surface area contributed by atoms with Crippen LogP contribution in [0.2, 0.25) is 10.0 Å². The van der Waals surface area contributed by atoms with Crippen LogP contribution in [0.1, 0.15) is 32.8 Å². The molecule has 0 saturated carbocycles. The lowest BCUT2D eigenvalue weighted by Crippen LogP contribution is -2.52. The Morgan fingerprint density at radius 1 is 0.895 bits per heavy atom. The predicted octanol–water partition coefficient (Wildman–Crippen LogP) is 5.52. The van der Waals surface area contributed by atoms with Crippen molar-refractivity contribution in [3.63, 3.8) is 0 Å². The van der Waals surface area contributed by atoms with Gasteiger partial charge >= 0.3 is 0 Å². The van der Waals surface area contributed by atoms with Crippen LogP contribution in [-0.2, 0) is 26.2 Å². The zero-order valence-corrected chi connectivity index (χ0v) is 23.8. The van der Waals surface area contributed by atoms with Crippen molar-refractivity contribution in [2.75, 3.05) is 10.8 Å². The van der Waals surface area contributed by atoms with Gasteiger partial charge in [-0.25, -0.2) is 8.42 Å². The molecule has 2 atom stereocenters. The lowest BCUT2D eigenvalue weighted by atomic mass is 10.1. The molecule has 202 valence electrons. The van der Waals surface area contributed by atoms with Crippen LogP contribution >= 0.6 is 23.2 Å². The van der Waals surface area contributed by atoms with E-state index in [0.717, 1.165) is 16.3 Å². The molecule has 10 heteroatoms. The van der Waals surface area contributed by atoms with Crippen molar-refractivity contribution < 1.29 is 18.0 Å². The van der Waals surface area contributed by atoms with Gasteiger partial charge in [-0.2, -0.15) is 0 Å². The summed E-state index contributed by atoms with van der Waals surface area (Å²) in [5, 5.41) is 3.30. The van der Waals surface area contributed by atoms with Gasteiger partial charge in [0.1, 0.15) is 12.6 Å². The van der Waals surface area contributed by atoms with Crippen molar-refractivity contribution in [2.45, 2.75) is 50.7 Å². The second kappa shape index (κ2) is 13.1. The third-order valence-electron chi connectivity index (χ3n) is 6.17. The van der Waals surface area contributed by atoms with Crippen molar-refractivity contribution in [3.8, 4) is 0 Å². The molecule has 0 heterocycles. The van der Waals surface area contributed by atoms with Gasteiger partial charge in [0.05, 0.1) is 20.6 Å². The molecule has 0 bridgehead atoms. The van der Waals surface area contributed by atoms with E-state index >= 15 is 0 Å². The first-order chi connectivity index (χ1) is 18.0. The van der Waals surface area contributed by atoms with Crippen LogP contribution in [0.3, 0.4) is 0 Å². The molecule has 1 N–H and O–H groups in total. The fourth-order valence-electron chi connectivity index (χ4n) is 3.72. The molecule has 0 aliphatic carbocycles. The molecule has 0 saturated heterocycles. The standard InChI is InChI=1S/C28H31Cl2N3O4S/c1-4-20(2)31-28(35)21(3)32(18-22-11-7-5-8-12-22)27(34)19-33(23-15-16-25(29)26(30)17-23)38(36,37)24-13-9-6-10-14-24/h5-17,20-21H,4,18-19H2,1-3H3,(H,31,35)/t20-,21+/m0/s1. The van der Waals surface area contributed by atoms with Gasteiger partial charge < -0.3 is 10.2 Å². The van der Waals surface area contributed by atoms with Crippen LogP contribution in [0.15, 0.2) is 83.8 Å². The monoisotopic (exact) mass is 575 g/mol. The molecule has 0 spiro atoms. The van der Waals surface area contributed by atoms with Crippen LogP contribution in [0.25, 0.3) is 0 Å². The molecule has 38 heavy (non-hydrogen) atoms. The van der Waals surface area contributed by atoms with E-state index in [1.165, 1.54) is 35.2 Å². The van der Waals surface area contributed by atoms with Gasteiger partial charge in [-0.3, -0.25) is 13.9 Å². The third kappa shape index (κ3) is 7.28. The average Bonchev–Trinajstić information content (AvgIpc) is 2.92. The lowest BCUT2D eigenvalue weighted by Gasteiger charge is -2.32. The van der Waals surface area contributed by atoms with E-state index in [1.54, 1.807) is 25.1 Å². The molecule has 0 unspecified atom stereocenters. The lowest BCUT2D eigenvalue weighted by molar-refractivity contribution is -0.139. The number of anilines is 1. The third-order valence-corrected chi connectivity index (χ3v) is 8.69. The molecule has 7 nitrogen and oxygen atoms in total. The fraction of sp³-hybridized carbons (Fsp3) is 0.286. The normalized spacial score (nSPS) is 12.9. The summed E-state index contributed by atoms with van der Waals surface area (Å²) in [6.07, 6.45) is 0.728. The zero-order chi connectivity index (χ0) is 27.9. The van der Waals surface area contributed by atoms with Crippen LogP contribution in [0, 0.1) is 0 Å². The van der Waals surface area contributed by atoms with Crippen molar-refractivity contribution in [1.82, 2.24) is 10.2 Å². The molecule has 0 aromatic heterocycles. The maximum Gasteiger partial charge on any atom is 0.264 e. The van der Waals surface area contributed by atoms with Gasteiger partial charge in [0.2, 0.25) is 11.8 Å². The van der Waals surface area contributed by atoms with Gasteiger partial charge in [0, 0.05) is 12.6 Å². The summed E-state index contributed by atoms with van der Waals surface area (Å²) in [6.45, 7) is 5.03. The number of benzene rings is 3. The van der Waals surface area contributed by atoms with Crippen LogP contribution < -0.4 is 9.62 Å². The van der Waals surface area contributed by atoms with Crippen molar-refractivity contribution in [2.24, 2.45) is 0 Å². The number of rotatable bonds is 11. The minimum atomic E-state index is -4.17. The van der Waals surface area contributed by atoms with Gasteiger partial charge in [-0.1, -0.05) is 78.7 Å². The second-order valence-corrected chi connectivity index (χ2v) is 11.6. The quantitative estimate of drug-likeness (QED) is 0.326. The Kier molecular flexibility index (Phi) is 10.2. The largest absolute Gasteiger partial charge is 0.352 e. The fourth-order valence-corrected chi connectivity index (χ4v) is 5.44. The van der Waals surface area contributed by atoms with Gasteiger partial charge in [-0.15, -0.1) is 0 Å². The molecule has 3 rings (SSSR count). The van der Waals surface area contributed by atoms with Gasteiger partial charge in [0.25, 0.3) is 10.0 Å². The Bertz CT molecular complexity index is 1360. The predicted molar refractivity (Wildman–Crippen MR) is 152 cm³/mol. The number of hydrogen-bond acceptors (Lipinski definition) is 4. The van der Waals surface area contributed by atoms with E-state index in [-0.39, 0.29) is 39.1 Å². The molecule has 0 radical (unpaired) electrons. The average molecular weight is 577 g/mol. The number of halogens is 2. The number of sulfonamides is 1. The number of amides is 2. The van der Waals surface area contributed by atoms with Crippen molar-refractivity contribution >= 4 is 50.7 Å². The van der Waals surface area contributed by atoms with E-state index in [0.29, 0.717) is 0 Å². The summed E-state index contributed by atoms with van der Waals surface area (Å²) in [6, 6.07) is 20.5. The first kappa shape index (κ1) is 29.5. The highest BCUT2D eigenvalue weighted by Gasteiger charge is 2.33. The second-order valence-electron chi connectivity index (χ2n) is 8.92. The molecule has 3 aromatic carbocycles. The van der Waals surface area contributed by atoms with Gasteiger partial charge in [-0.05, 0) is 56.2 Å². The Labute approximate surface area is 234 Å². The molecule has 0 aliphatic rings. The Morgan fingerprint density at radius 2 is 1.50 bits per heavy atom.